The molecule has 0 spiro atoms. The van der Waals surface area contributed by atoms with Gasteiger partial charge in [-0.2, -0.15) is 13.2 Å². The smallest absolute Gasteiger partial charge is 0.318 e. The molecule has 5 nitrogen and oxygen atoms in total. The van der Waals surface area contributed by atoms with Gasteiger partial charge in [0.2, 0.25) is 0 Å². The van der Waals surface area contributed by atoms with Gasteiger partial charge in [-0.05, 0) is 47.7 Å². The Bertz CT molecular complexity index is 870. The van der Waals surface area contributed by atoms with Crippen LogP contribution in [-0.4, -0.2) is 11.8 Å². The highest BCUT2D eigenvalue weighted by molar-refractivity contribution is 6.39. The van der Waals surface area contributed by atoms with Gasteiger partial charge in [-0.1, -0.05) is 39.0 Å². The quantitative estimate of drug-likeness (QED) is 0.535. The van der Waals surface area contributed by atoms with E-state index in [9.17, 15) is 22.8 Å². The van der Waals surface area contributed by atoms with Crippen LogP contribution in [0.15, 0.2) is 42.5 Å². The molecule has 0 aliphatic carbocycles. The number of carbonyl (C=O) groups is 2. The van der Waals surface area contributed by atoms with E-state index in [2.05, 4.69) is 36.9 Å². The van der Waals surface area contributed by atoms with Crippen molar-refractivity contribution in [1.82, 2.24) is 5.43 Å². The van der Waals surface area contributed by atoms with Crippen LogP contribution in [0.2, 0.25) is 0 Å². The molecule has 2 aromatic carbocycles. The Morgan fingerprint density at radius 3 is 1.96 bits per heavy atom. The summed E-state index contributed by atoms with van der Waals surface area (Å²) in [6.07, 6.45) is -4.55. The van der Waals surface area contributed by atoms with E-state index in [1.54, 1.807) is 12.1 Å². The van der Waals surface area contributed by atoms with Crippen molar-refractivity contribution in [2.45, 2.75) is 39.3 Å². The maximum Gasteiger partial charge on any atom is 0.416 e. The fourth-order valence-electron chi connectivity index (χ4n) is 2.43. The van der Waals surface area contributed by atoms with E-state index in [0.717, 1.165) is 11.6 Å². The fraction of sp³-hybridized carbons (Fsp3) is 0.300. The molecule has 0 bridgehead atoms. The van der Waals surface area contributed by atoms with E-state index in [1.165, 1.54) is 19.1 Å². The van der Waals surface area contributed by atoms with Crippen molar-refractivity contribution >= 4 is 23.2 Å². The average molecular weight is 393 g/mol. The van der Waals surface area contributed by atoms with Crippen LogP contribution in [0.3, 0.4) is 0 Å². The first-order valence-corrected chi connectivity index (χ1v) is 8.53. The molecular formula is C20H22F3N3O2. The molecule has 3 N–H and O–H groups in total. The lowest BCUT2D eigenvalue weighted by Gasteiger charge is -2.19. The lowest BCUT2D eigenvalue weighted by Crippen LogP contribution is -2.38. The van der Waals surface area contributed by atoms with E-state index in [0.29, 0.717) is 5.69 Å². The third-order valence-electron chi connectivity index (χ3n) is 4.08. The van der Waals surface area contributed by atoms with Gasteiger partial charge in [0.25, 0.3) is 0 Å². The third kappa shape index (κ3) is 5.48. The number of halogens is 3. The largest absolute Gasteiger partial charge is 0.416 e. The van der Waals surface area contributed by atoms with Gasteiger partial charge in [-0.25, -0.2) is 0 Å². The lowest BCUT2D eigenvalue weighted by atomic mass is 9.87. The van der Waals surface area contributed by atoms with E-state index in [4.69, 9.17) is 0 Å². The van der Waals surface area contributed by atoms with Gasteiger partial charge in [-0.15, -0.1) is 0 Å². The molecule has 0 aliphatic heterocycles. The van der Waals surface area contributed by atoms with Crippen molar-refractivity contribution in [3.05, 3.63) is 59.2 Å². The first-order valence-electron chi connectivity index (χ1n) is 8.53. The molecule has 0 aromatic heterocycles. The predicted octanol–water partition coefficient (Wildman–Crippen LogP) is 4.39. The Labute approximate surface area is 161 Å². The third-order valence-corrected chi connectivity index (χ3v) is 4.08. The first kappa shape index (κ1) is 21.3. The zero-order valence-electron chi connectivity index (χ0n) is 16.0. The van der Waals surface area contributed by atoms with Crippen molar-refractivity contribution in [2.75, 3.05) is 10.7 Å². The molecule has 0 aliphatic rings. The van der Waals surface area contributed by atoms with Gasteiger partial charge >= 0.3 is 18.0 Å². The Morgan fingerprint density at radius 2 is 1.43 bits per heavy atom. The molecule has 0 saturated heterocycles. The zero-order valence-corrected chi connectivity index (χ0v) is 16.0. The highest BCUT2D eigenvalue weighted by atomic mass is 19.4. The van der Waals surface area contributed by atoms with E-state index in [-0.39, 0.29) is 16.7 Å². The van der Waals surface area contributed by atoms with Crippen molar-refractivity contribution in [1.29, 1.82) is 0 Å². The number of amides is 2. The summed E-state index contributed by atoms with van der Waals surface area (Å²) in [6, 6.07) is 10.6. The standard InChI is InChI=1S/C20H22F3N3O2/c1-12-5-8-15(11-16(12)20(21,22)23)24-17(27)18(28)26-25-14-9-6-13(7-10-14)19(2,3)4/h5-11,25H,1-4H3,(H,24,27)(H,26,28). The minimum absolute atomic E-state index is 0.0228. The molecule has 2 rings (SSSR count). The number of hydrogen-bond acceptors (Lipinski definition) is 3. The number of rotatable bonds is 3. The molecule has 150 valence electrons. The Kier molecular flexibility index (Phi) is 6.01. The van der Waals surface area contributed by atoms with Crippen molar-refractivity contribution in [3.63, 3.8) is 0 Å². The van der Waals surface area contributed by atoms with Crippen LogP contribution in [0.1, 0.15) is 37.5 Å². The molecule has 0 atom stereocenters. The highest BCUT2D eigenvalue weighted by Gasteiger charge is 2.32. The molecule has 28 heavy (non-hydrogen) atoms. The number of carbonyl (C=O) groups excluding carboxylic acids is 2. The second-order valence-corrected chi connectivity index (χ2v) is 7.39. The summed E-state index contributed by atoms with van der Waals surface area (Å²) in [7, 11) is 0. The molecule has 0 saturated carbocycles. The number of benzene rings is 2. The summed E-state index contributed by atoms with van der Waals surface area (Å²) in [5.41, 5.74) is 5.47. The van der Waals surface area contributed by atoms with Crippen LogP contribution < -0.4 is 16.2 Å². The van der Waals surface area contributed by atoms with Gasteiger partial charge in [0.15, 0.2) is 0 Å². The number of hydrazine groups is 1. The molecule has 2 aromatic rings. The average Bonchev–Trinajstić information content (AvgIpc) is 2.59. The van der Waals surface area contributed by atoms with Crippen LogP contribution >= 0.6 is 0 Å². The van der Waals surface area contributed by atoms with E-state index >= 15 is 0 Å². The predicted molar refractivity (Wildman–Crippen MR) is 102 cm³/mol. The van der Waals surface area contributed by atoms with Crippen molar-refractivity contribution in [2.24, 2.45) is 0 Å². The van der Waals surface area contributed by atoms with Crippen LogP contribution in [0.25, 0.3) is 0 Å². The van der Waals surface area contributed by atoms with Crippen LogP contribution in [0.4, 0.5) is 24.5 Å². The number of nitrogens with one attached hydrogen (secondary N) is 3. The summed E-state index contributed by atoms with van der Waals surface area (Å²) >= 11 is 0. The number of aryl methyl sites for hydroxylation is 1. The lowest BCUT2D eigenvalue weighted by molar-refractivity contribution is -0.138. The summed E-state index contributed by atoms with van der Waals surface area (Å²) in [5.74, 6) is -2.12. The second kappa shape index (κ2) is 7.92. The van der Waals surface area contributed by atoms with Crippen molar-refractivity contribution < 1.29 is 22.8 Å². The molecular weight excluding hydrogens is 371 g/mol. The molecule has 2 amide bonds. The summed E-state index contributed by atoms with van der Waals surface area (Å²) in [4.78, 5) is 23.8. The van der Waals surface area contributed by atoms with Crippen LogP contribution in [-0.2, 0) is 21.2 Å². The van der Waals surface area contributed by atoms with Crippen LogP contribution in [0, 0.1) is 6.92 Å². The monoisotopic (exact) mass is 393 g/mol. The van der Waals surface area contributed by atoms with Gasteiger partial charge in [-0.3, -0.25) is 20.4 Å². The summed E-state index contributed by atoms with van der Waals surface area (Å²) in [5, 5.41) is 2.16. The number of anilines is 2. The van der Waals surface area contributed by atoms with Gasteiger partial charge in [0.05, 0.1) is 11.3 Å². The molecule has 0 fully saturated rings. The highest BCUT2D eigenvalue weighted by Crippen LogP contribution is 2.33. The number of hydrogen-bond donors (Lipinski definition) is 3. The molecule has 0 unspecified atom stereocenters. The molecule has 0 radical (unpaired) electrons. The minimum Gasteiger partial charge on any atom is -0.318 e. The van der Waals surface area contributed by atoms with Crippen molar-refractivity contribution in [3.8, 4) is 0 Å². The fourth-order valence-corrected chi connectivity index (χ4v) is 2.43. The maximum atomic E-state index is 12.9. The van der Waals surface area contributed by atoms with Gasteiger partial charge in [0, 0.05) is 5.69 Å². The summed E-state index contributed by atoms with van der Waals surface area (Å²) in [6.45, 7) is 7.51. The summed E-state index contributed by atoms with van der Waals surface area (Å²) < 4.78 is 38.8. The van der Waals surface area contributed by atoms with Gasteiger partial charge in [0.1, 0.15) is 0 Å². The molecule has 8 heteroatoms. The Balaban J connectivity index is 1.97. The topological polar surface area (TPSA) is 70.2 Å². The Hall–Kier alpha value is -3.03. The minimum atomic E-state index is -4.55. The molecule has 0 heterocycles. The zero-order chi connectivity index (χ0) is 21.1. The SMILES string of the molecule is Cc1ccc(NC(=O)C(=O)NNc2ccc(C(C)(C)C)cc2)cc1C(F)(F)F. The van der Waals surface area contributed by atoms with Crippen LogP contribution in [0.5, 0.6) is 0 Å². The maximum absolute atomic E-state index is 12.9. The normalized spacial score (nSPS) is 11.7. The van der Waals surface area contributed by atoms with Gasteiger partial charge < -0.3 is 5.32 Å². The van der Waals surface area contributed by atoms with E-state index < -0.39 is 23.6 Å². The Morgan fingerprint density at radius 1 is 0.857 bits per heavy atom. The second-order valence-electron chi connectivity index (χ2n) is 7.39. The van der Waals surface area contributed by atoms with E-state index in [1.807, 2.05) is 12.1 Å². The number of alkyl halides is 3. The first-order chi connectivity index (χ1) is 12.9.